The summed E-state index contributed by atoms with van der Waals surface area (Å²) in [4.78, 5) is 12.3. The lowest BCUT2D eigenvalue weighted by atomic mass is 10.3. The predicted molar refractivity (Wildman–Crippen MR) is 122 cm³/mol. The van der Waals surface area contributed by atoms with Crippen LogP contribution in [0.2, 0.25) is 15.1 Å². The normalized spacial score (nSPS) is 11.9. The first-order valence-corrected chi connectivity index (χ1v) is 11.3. The number of rotatable bonds is 8. The van der Waals surface area contributed by atoms with Crippen LogP contribution in [-0.2, 0) is 11.3 Å². The third-order valence-corrected chi connectivity index (χ3v) is 6.16. The van der Waals surface area contributed by atoms with E-state index in [2.05, 4.69) is 15.5 Å². The van der Waals surface area contributed by atoms with Gasteiger partial charge in [-0.3, -0.25) is 4.79 Å². The number of amides is 1. The third-order valence-electron chi connectivity index (χ3n) is 4.16. The summed E-state index contributed by atoms with van der Waals surface area (Å²) in [6.45, 7) is 4.30. The number of nitrogens with zero attached hydrogens (tertiary/aromatic N) is 3. The molecule has 0 saturated heterocycles. The molecule has 1 atom stereocenters. The third kappa shape index (κ3) is 6.04. The Bertz CT molecular complexity index is 1100. The second-order valence-electron chi connectivity index (χ2n) is 6.39. The first-order valence-electron chi connectivity index (χ1n) is 9.21. The van der Waals surface area contributed by atoms with E-state index in [0.717, 1.165) is 0 Å². The van der Waals surface area contributed by atoms with Crippen molar-refractivity contribution in [1.82, 2.24) is 14.8 Å². The van der Waals surface area contributed by atoms with Crippen LogP contribution in [-0.4, -0.2) is 26.4 Å². The molecule has 3 rings (SSSR count). The average Bonchev–Trinajstić information content (AvgIpc) is 3.14. The monoisotopic (exact) mass is 502 g/mol. The van der Waals surface area contributed by atoms with Crippen LogP contribution >= 0.6 is 46.6 Å². The highest BCUT2D eigenvalue weighted by atomic mass is 35.5. The van der Waals surface area contributed by atoms with E-state index in [1.165, 1.54) is 30.0 Å². The first kappa shape index (κ1) is 23.7. The van der Waals surface area contributed by atoms with E-state index in [0.29, 0.717) is 39.0 Å². The Morgan fingerprint density at radius 1 is 1.16 bits per heavy atom. The minimum absolute atomic E-state index is 0.122. The molecule has 3 aromatic rings. The number of benzene rings is 2. The van der Waals surface area contributed by atoms with Crippen molar-refractivity contribution in [3.8, 4) is 5.75 Å². The molecule has 2 aromatic carbocycles. The number of thioether (sulfide) groups is 1. The predicted octanol–water partition coefficient (Wildman–Crippen LogP) is 6.27. The van der Waals surface area contributed by atoms with Crippen LogP contribution in [0.4, 0.5) is 10.1 Å². The van der Waals surface area contributed by atoms with Crippen LogP contribution in [0.1, 0.15) is 25.8 Å². The van der Waals surface area contributed by atoms with Gasteiger partial charge in [-0.25, -0.2) is 4.39 Å². The molecule has 1 unspecified atom stereocenters. The maximum absolute atomic E-state index is 13.2. The topological polar surface area (TPSA) is 69.0 Å². The fourth-order valence-electron chi connectivity index (χ4n) is 2.72. The Morgan fingerprint density at radius 3 is 2.61 bits per heavy atom. The van der Waals surface area contributed by atoms with Gasteiger partial charge in [0.1, 0.15) is 11.6 Å². The minimum atomic E-state index is -0.491. The van der Waals surface area contributed by atoms with E-state index < -0.39 is 11.9 Å². The van der Waals surface area contributed by atoms with Crippen LogP contribution < -0.4 is 10.1 Å². The number of carbonyl (C=O) groups is 1. The molecule has 0 spiro atoms. The van der Waals surface area contributed by atoms with Gasteiger partial charge >= 0.3 is 0 Å². The van der Waals surface area contributed by atoms with E-state index in [9.17, 15) is 9.18 Å². The van der Waals surface area contributed by atoms with Crippen molar-refractivity contribution in [1.29, 1.82) is 0 Å². The molecule has 0 aliphatic rings. The maximum atomic E-state index is 13.2. The van der Waals surface area contributed by atoms with Crippen molar-refractivity contribution in [2.24, 2.45) is 0 Å². The van der Waals surface area contributed by atoms with E-state index in [1.807, 2.05) is 11.5 Å². The Hall–Kier alpha value is -2.00. The van der Waals surface area contributed by atoms with Gasteiger partial charge in [0.15, 0.2) is 17.1 Å². The van der Waals surface area contributed by atoms with Gasteiger partial charge in [0.2, 0.25) is 5.91 Å². The van der Waals surface area contributed by atoms with Gasteiger partial charge < -0.3 is 14.6 Å². The Kier molecular flexibility index (Phi) is 8.05. The van der Waals surface area contributed by atoms with Gasteiger partial charge in [-0.05, 0) is 50.2 Å². The lowest BCUT2D eigenvalue weighted by Crippen LogP contribution is -2.15. The molecule has 1 aromatic heterocycles. The smallest absolute Gasteiger partial charge is 0.234 e. The summed E-state index contributed by atoms with van der Waals surface area (Å²) in [5.74, 6) is 0.362. The highest BCUT2D eigenvalue weighted by Crippen LogP contribution is 2.30. The van der Waals surface area contributed by atoms with Gasteiger partial charge in [0, 0.05) is 12.2 Å². The lowest BCUT2D eigenvalue weighted by Gasteiger charge is -2.16. The zero-order valence-corrected chi connectivity index (χ0v) is 19.6. The van der Waals surface area contributed by atoms with E-state index in [-0.39, 0.29) is 16.7 Å². The quantitative estimate of drug-likeness (QED) is 0.367. The Labute approximate surface area is 198 Å². The fraction of sp³-hybridized carbons (Fsp3) is 0.250. The number of hydrogen-bond acceptors (Lipinski definition) is 5. The molecule has 31 heavy (non-hydrogen) atoms. The molecule has 0 saturated carbocycles. The summed E-state index contributed by atoms with van der Waals surface area (Å²) in [5, 5.41) is 12.6. The number of carbonyl (C=O) groups excluding carboxylic acids is 1. The molecular weight excluding hydrogens is 486 g/mol. The van der Waals surface area contributed by atoms with Crippen LogP contribution in [0.3, 0.4) is 0 Å². The molecule has 1 heterocycles. The van der Waals surface area contributed by atoms with Crippen molar-refractivity contribution in [2.75, 3.05) is 11.1 Å². The number of halogens is 4. The molecule has 0 fully saturated rings. The summed E-state index contributed by atoms with van der Waals surface area (Å²) >= 11 is 19.1. The van der Waals surface area contributed by atoms with Gasteiger partial charge in [-0.15, -0.1) is 10.2 Å². The van der Waals surface area contributed by atoms with E-state index in [4.69, 9.17) is 39.5 Å². The molecule has 0 radical (unpaired) electrons. The van der Waals surface area contributed by atoms with Crippen molar-refractivity contribution in [3.63, 3.8) is 0 Å². The minimum Gasteiger partial charge on any atom is -0.481 e. The first-order chi connectivity index (χ1) is 14.8. The van der Waals surface area contributed by atoms with Crippen molar-refractivity contribution >= 4 is 58.2 Å². The van der Waals surface area contributed by atoms with Gasteiger partial charge in [0.25, 0.3) is 0 Å². The standard InChI is InChI=1S/C20H18Cl3FN4O2S/c1-3-28-19(11(2)30-17-7-4-12(24)8-16(17)23)26-27-20(28)31-10-18(29)25-13-5-6-14(21)15(22)9-13/h4-9,11H,3,10H2,1-2H3,(H,25,29). The fourth-order valence-corrected chi connectivity index (χ4v) is 4.04. The number of nitrogens with one attached hydrogen (secondary N) is 1. The SMILES string of the molecule is CCn1c(SCC(=O)Nc2ccc(Cl)c(Cl)c2)nnc1C(C)Oc1ccc(F)cc1Cl. The molecular formula is C20H18Cl3FN4O2S. The Balaban J connectivity index is 1.65. The molecule has 0 aliphatic heterocycles. The van der Waals surface area contributed by atoms with Gasteiger partial charge in [-0.2, -0.15) is 0 Å². The number of anilines is 1. The van der Waals surface area contributed by atoms with Crippen LogP contribution in [0.5, 0.6) is 5.75 Å². The number of ether oxygens (including phenoxy) is 1. The summed E-state index contributed by atoms with van der Waals surface area (Å²) in [6.07, 6.45) is -0.491. The highest BCUT2D eigenvalue weighted by Gasteiger charge is 2.20. The van der Waals surface area contributed by atoms with Gasteiger partial charge in [-0.1, -0.05) is 46.6 Å². The molecule has 0 aliphatic carbocycles. The largest absolute Gasteiger partial charge is 0.481 e. The van der Waals surface area contributed by atoms with Crippen LogP contribution in [0, 0.1) is 5.82 Å². The van der Waals surface area contributed by atoms with Crippen LogP contribution in [0.25, 0.3) is 0 Å². The van der Waals surface area contributed by atoms with E-state index >= 15 is 0 Å². The molecule has 1 amide bonds. The average molecular weight is 504 g/mol. The molecule has 0 bridgehead atoms. The number of aromatic nitrogens is 3. The van der Waals surface area contributed by atoms with E-state index in [1.54, 1.807) is 25.1 Å². The summed E-state index contributed by atoms with van der Waals surface area (Å²) in [7, 11) is 0. The maximum Gasteiger partial charge on any atom is 0.234 e. The molecule has 1 N–H and O–H groups in total. The second kappa shape index (κ2) is 10.5. The van der Waals surface area contributed by atoms with Gasteiger partial charge in [0.05, 0.1) is 20.8 Å². The Morgan fingerprint density at radius 2 is 1.94 bits per heavy atom. The van der Waals surface area contributed by atoms with Crippen molar-refractivity contribution in [3.05, 3.63) is 63.1 Å². The zero-order valence-electron chi connectivity index (χ0n) is 16.5. The zero-order chi connectivity index (χ0) is 22.5. The lowest BCUT2D eigenvalue weighted by molar-refractivity contribution is -0.113. The summed E-state index contributed by atoms with van der Waals surface area (Å²) in [5.41, 5.74) is 0.552. The summed E-state index contributed by atoms with van der Waals surface area (Å²) < 4.78 is 20.9. The van der Waals surface area contributed by atoms with Crippen LogP contribution in [0.15, 0.2) is 41.6 Å². The summed E-state index contributed by atoms with van der Waals surface area (Å²) in [6, 6.07) is 8.78. The van der Waals surface area contributed by atoms with Crippen molar-refractivity contribution < 1.29 is 13.9 Å². The second-order valence-corrected chi connectivity index (χ2v) is 8.55. The van der Waals surface area contributed by atoms with Crippen molar-refractivity contribution in [2.45, 2.75) is 31.7 Å². The molecule has 11 heteroatoms. The number of hydrogen-bond donors (Lipinski definition) is 1. The molecule has 164 valence electrons. The molecule has 6 nitrogen and oxygen atoms in total. The highest BCUT2D eigenvalue weighted by molar-refractivity contribution is 7.99.